The van der Waals surface area contributed by atoms with Crippen LogP contribution in [0.15, 0.2) is 22.7 Å². The van der Waals surface area contributed by atoms with Crippen LogP contribution < -0.4 is 0 Å². The minimum absolute atomic E-state index is 0.135. The second kappa shape index (κ2) is 3.97. The summed E-state index contributed by atoms with van der Waals surface area (Å²) in [5, 5.41) is 12.4. The van der Waals surface area contributed by atoms with Gasteiger partial charge in [0.25, 0.3) is 0 Å². The fraction of sp³-hybridized carbons (Fsp3) is 0.0909. The topological polar surface area (TPSA) is 63.3 Å². The summed E-state index contributed by atoms with van der Waals surface area (Å²) < 4.78 is 31.0. The van der Waals surface area contributed by atoms with Gasteiger partial charge in [0, 0.05) is 6.07 Å². The summed E-state index contributed by atoms with van der Waals surface area (Å²) in [4.78, 5) is 11.0. The highest BCUT2D eigenvalue weighted by Gasteiger charge is 2.23. The molecular weight excluding hydrogens is 232 g/mol. The number of nitrogens with zero attached hydrogens (tertiary/aromatic N) is 1. The third-order valence-electron chi connectivity index (χ3n) is 2.25. The molecule has 17 heavy (non-hydrogen) atoms. The molecule has 1 aromatic carbocycles. The van der Waals surface area contributed by atoms with Crippen LogP contribution in [0.3, 0.4) is 0 Å². The molecule has 0 aliphatic carbocycles. The summed E-state index contributed by atoms with van der Waals surface area (Å²) in [5.74, 6) is -3.14. The quantitative estimate of drug-likeness (QED) is 0.874. The first-order valence-electron chi connectivity index (χ1n) is 4.65. The fourth-order valence-corrected chi connectivity index (χ4v) is 1.48. The molecule has 0 saturated heterocycles. The second-order valence-electron chi connectivity index (χ2n) is 3.40. The van der Waals surface area contributed by atoms with Crippen molar-refractivity contribution < 1.29 is 23.2 Å². The zero-order valence-electron chi connectivity index (χ0n) is 8.70. The average Bonchev–Trinajstić information content (AvgIpc) is 2.60. The van der Waals surface area contributed by atoms with Gasteiger partial charge >= 0.3 is 5.97 Å². The molecule has 1 heterocycles. The van der Waals surface area contributed by atoms with Crippen LogP contribution >= 0.6 is 0 Å². The van der Waals surface area contributed by atoms with Crippen LogP contribution in [0.5, 0.6) is 0 Å². The van der Waals surface area contributed by atoms with Gasteiger partial charge in [0.15, 0.2) is 5.76 Å². The number of rotatable bonds is 2. The Labute approximate surface area is 94.5 Å². The molecule has 2 aromatic rings. The van der Waals surface area contributed by atoms with Crippen molar-refractivity contribution in [1.29, 1.82) is 0 Å². The van der Waals surface area contributed by atoms with Crippen molar-refractivity contribution in [2.24, 2.45) is 0 Å². The summed E-state index contributed by atoms with van der Waals surface area (Å²) in [7, 11) is 0. The first kappa shape index (κ1) is 11.3. The van der Waals surface area contributed by atoms with Gasteiger partial charge in [-0.2, -0.15) is 0 Å². The largest absolute Gasteiger partial charge is 0.477 e. The molecule has 0 atom stereocenters. The highest BCUT2D eigenvalue weighted by Crippen LogP contribution is 2.28. The van der Waals surface area contributed by atoms with E-state index in [0.717, 1.165) is 12.1 Å². The molecule has 88 valence electrons. The van der Waals surface area contributed by atoms with Gasteiger partial charge in [0.2, 0.25) is 0 Å². The smallest absolute Gasteiger partial charge is 0.341 e. The average molecular weight is 239 g/mol. The van der Waals surface area contributed by atoms with Crippen molar-refractivity contribution in [3.05, 3.63) is 41.1 Å². The number of halogens is 2. The van der Waals surface area contributed by atoms with E-state index in [1.807, 2.05) is 0 Å². The van der Waals surface area contributed by atoms with E-state index < -0.39 is 17.6 Å². The number of aryl methyl sites for hydroxylation is 1. The van der Waals surface area contributed by atoms with E-state index in [0.29, 0.717) is 6.07 Å². The molecule has 0 amide bonds. The number of carboxylic acid groups (broad SMARTS) is 1. The number of carboxylic acids is 1. The molecule has 0 spiro atoms. The maximum Gasteiger partial charge on any atom is 0.341 e. The van der Waals surface area contributed by atoms with E-state index in [1.54, 1.807) is 0 Å². The number of aromatic carboxylic acids is 1. The van der Waals surface area contributed by atoms with Crippen molar-refractivity contribution in [2.45, 2.75) is 6.92 Å². The van der Waals surface area contributed by atoms with E-state index in [-0.39, 0.29) is 22.6 Å². The Morgan fingerprint density at radius 1 is 1.41 bits per heavy atom. The van der Waals surface area contributed by atoms with Crippen molar-refractivity contribution >= 4 is 5.97 Å². The highest BCUT2D eigenvalue weighted by molar-refractivity contribution is 5.95. The molecule has 0 bridgehead atoms. The Hall–Kier alpha value is -2.24. The number of carbonyl (C=O) groups is 1. The molecule has 0 fully saturated rings. The summed E-state index contributed by atoms with van der Waals surface area (Å²) in [6.07, 6.45) is 0. The summed E-state index contributed by atoms with van der Waals surface area (Å²) in [6.45, 7) is 1.43. The molecule has 4 nitrogen and oxygen atoms in total. The van der Waals surface area contributed by atoms with Crippen LogP contribution in [-0.4, -0.2) is 16.2 Å². The van der Waals surface area contributed by atoms with Crippen LogP contribution in [0, 0.1) is 18.6 Å². The first-order chi connectivity index (χ1) is 8.00. The standard InChI is InChI=1S/C11H7F2NO3/c1-5-9(11(15)16)10(17-14-5)7-3-2-6(12)4-8(7)13/h2-4H,1H3,(H,15,16). The molecular formula is C11H7F2NO3. The van der Waals surface area contributed by atoms with Crippen LogP contribution in [0.25, 0.3) is 11.3 Å². The lowest BCUT2D eigenvalue weighted by Crippen LogP contribution is -2.00. The van der Waals surface area contributed by atoms with Gasteiger partial charge in [-0.1, -0.05) is 5.16 Å². The lowest BCUT2D eigenvalue weighted by Gasteiger charge is -2.00. The van der Waals surface area contributed by atoms with Crippen LogP contribution in [0.4, 0.5) is 8.78 Å². The van der Waals surface area contributed by atoms with Crippen LogP contribution in [0.1, 0.15) is 16.1 Å². The van der Waals surface area contributed by atoms with Crippen molar-refractivity contribution in [3.63, 3.8) is 0 Å². The predicted molar refractivity (Wildman–Crippen MR) is 53.6 cm³/mol. The molecule has 0 aliphatic heterocycles. The normalized spacial score (nSPS) is 10.5. The summed E-state index contributed by atoms with van der Waals surface area (Å²) >= 11 is 0. The van der Waals surface area contributed by atoms with E-state index in [1.165, 1.54) is 6.92 Å². The lowest BCUT2D eigenvalue weighted by atomic mass is 10.1. The van der Waals surface area contributed by atoms with Gasteiger partial charge in [-0.05, 0) is 19.1 Å². The van der Waals surface area contributed by atoms with Crippen molar-refractivity contribution in [3.8, 4) is 11.3 Å². The number of aromatic nitrogens is 1. The highest BCUT2D eigenvalue weighted by atomic mass is 19.1. The third-order valence-corrected chi connectivity index (χ3v) is 2.25. The van der Waals surface area contributed by atoms with E-state index in [4.69, 9.17) is 9.63 Å². The zero-order valence-corrected chi connectivity index (χ0v) is 8.70. The Morgan fingerprint density at radius 2 is 2.12 bits per heavy atom. The zero-order chi connectivity index (χ0) is 12.6. The molecule has 2 rings (SSSR count). The summed E-state index contributed by atoms with van der Waals surface area (Å²) in [5.41, 5.74) is -0.226. The molecule has 0 aliphatic rings. The van der Waals surface area contributed by atoms with Gasteiger partial charge < -0.3 is 9.63 Å². The SMILES string of the molecule is Cc1noc(-c2ccc(F)cc2F)c1C(=O)O. The monoisotopic (exact) mass is 239 g/mol. The maximum atomic E-state index is 13.5. The second-order valence-corrected chi connectivity index (χ2v) is 3.40. The fourth-order valence-electron chi connectivity index (χ4n) is 1.48. The van der Waals surface area contributed by atoms with Gasteiger partial charge in [-0.15, -0.1) is 0 Å². The number of hydrogen-bond donors (Lipinski definition) is 1. The minimum atomic E-state index is -1.28. The minimum Gasteiger partial charge on any atom is -0.477 e. The first-order valence-corrected chi connectivity index (χ1v) is 4.65. The predicted octanol–water partition coefficient (Wildman–Crippen LogP) is 2.63. The Kier molecular flexibility index (Phi) is 2.63. The summed E-state index contributed by atoms with van der Waals surface area (Å²) in [6, 6.07) is 2.78. The molecule has 0 radical (unpaired) electrons. The molecule has 6 heteroatoms. The Bertz CT molecular complexity index is 592. The van der Waals surface area contributed by atoms with Gasteiger partial charge in [-0.3, -0.25) is 0 Å². The van der Waals surface area contributed by atoms with E-state index in [2.05, 4.69) is 5.16 Å². The molecule has 1 aromatic heterocycles. The number of hydrogen-bond acceptors (Lipinski definition) is 3. The van der Waals surface area contributed by atoms with Crippen molar-refractivity contribution in [1.82, 2.24) is 5.16 Å². The van der Waals surface area contributed by atoms with Gasteiger partial charge in [0.1, 0.15) is 17.2 Å². The van der Waals surface area contributed by atoms with Crippen LogP contribution in [0.2, 0.25) is 0 Å². The molecule has 1 N–H and O–H groups in total. The van der Waals surface area contributed by atoms with E-state index in [9.17, 15) is 13.6 Å². The number of benzene rings is 1. The van der Waals surface area contributed by atoms with Gasteiger partial charge in [0.05, 0.1) is 11.3 Å². The van der Waals surface area contributed by atoms with Gasteiger partial charge in [-0.25, -0.2) is 13.6 Å². The maximum absolute atomic E-state index is 13.5. The Balaban J connectivity index is 2.65. The van der Waals surface area contributed by atoms with E-state index >= 15 is 0 Å². The van der Waals surface area contributed by atoms with Crippen molar-refractivity contribution in [2.75, 3.05) is 0 Å². The lowest BCUT2D eigenvalue weighted by molar-refractivity contribution is 0.0696. The Morgan fingerprint density at radius 3 is 2.71 bits per heavy atom. The third kappa shape index (κ3) is 1.89. The van der Waals surface area contributed by atoms with Crippen LogP contribution in [-0.2, 0) is 0 Å². The molecule has 0 saturated carbocycles. The molecule has 0 unspecified atom stereocenters.